The lowest BCUT2D eigenvalue weighted by atomic mass is 9.77. The molecule has 6 heteroatoms. The number of hydrogen-bond donors (Lipinski definition) is 0. The van der Waals surface area contributed by atoms with Crippen molar-refractivity contribution < 1.29 is 13.7 Å². The Hall–Kier alpha value is -2.08. The average Bonchev–Trinajstić information content (AvgIpc) is 2.89. The first-order valence-corrected chi connectivity index (χ1v) is 7.60. The van der Waals surface area contributed by atoms with Gasteiger partial charge in [0.15, 0.2) is 0 Å². The summed E-state index contributed by atoms with van der Waals surface area (Å²) in [4.78, 5) is 0. The summed E-state index contributed by atoms with van der Waals surface area (Å²) in [6, 6.07) is 6.44. The molecule has 1 aliphatic heterocycles. The molecule has 0 unspecified atom stereocenters. The Morgan fingerprint density at radius 2 is 1.91 bits per heavy atom. The summed E-state index contributed by atoms with van der Waals surface area (Å²) < 4.78 is 26.7. The fraction of sp³-hybridized carbons (Fsp3) is 0.353. The van der Waals surface area contributed by atoms with Crippen molar-refractivity contribution in [1.29, 1.82) is 0 Å². The van der Waals surface area contributed by atoms with E-state index in [2.05, 4.69) is 11.7 Å². The van der Waals surface area contributed by atoms with Crippen molar-refractivity contribution in [1.82, 2.24) is 9.78 Å². The lowest BCUT2D eigenvalue weighted by Gasteiger charge is -2.15. The van der Waals surface area contributed by atoms with E-state index >= 15 is 0 Å². The second-order valence-electron chi connectivity index (χ2n) is 6.37. The normalized spacial score (nSPS) is 16.7. The van der Waals surface area contributed by atoms with Gasteiger partial charge in [0.1, 0.15) is 11.4 Å². The Kier molecular flexibility index (Phi) is 3.80. The first-order valence-electron chi connectivity index (χ1n) is 7.60. The molecule has 0 atom stereocenters. The second-order valence-corrected chi connectivity index (χ2v) is 6.37. The maximum Gasteiger partial charge on any atom is 0.567 e. The largest absolute Gasteiger partial charge is 0.567 e. The van der Waals surface area contributed by atoms with Crippen LogP contribution in [0.5, 0.6) is 0 Å². The van der Waals surface area contributed by atoms with Gasteiger partial charge >= 0.3 is 7.12 Å². The van der Waals surface area contributed by atoms with E-state index in [-0.39, 0.29) is 5.82 Å². The minimum absolute atomic E-state index is 0.240. The average molecular weight is 314 g/mol. The Morgan fingerprint density at radius 3 is 2.48 bits per heavy atom. The fourth-order valence-electron chi connectivity index (χ4n) is 2.71. The second kappa shape index (κ2) is 5.53. The minimum Gasteiger partial charge on any atom is -0.534 e. The first kappa shape index (κ1) is 15.8. The first-order chi connectivity index (χ1) is 10.8. The van der Waals surface area contributed by atoms with Gasteiger partial charge in [0, 0.05) is 11.2 Å². The molecule has 23 heavy (non-hydrogen) atoms. The maximum atomic E-state index is 13.0. The lowest BCUT2D eigenvalue weighted by molar-refractivity contribution is 0.173. The van der Waals surface area contributed by atoms with Gasteiger partial charge in [0.25, 0.3) is 0 Å². The Labute approximate surface area is 136 Å². The zero-order valence-corrected chi connectivity index (χ0v) is 13.9. The quantitative estimate of drug-likeness (QED) is 0.817. The van der Waals surface area contributed by atoms with Crippen molar-refractivity contribution in [2.75, 3.05) is 0 Å². The predicted octanol–water partition coefficient (Wildman–Crippen LogP) is 2.72. The summed E-state index contributed by atoms with van der Waals surface area (Å²) >= 11 is 0. The molecule has 4 nitrogen and oxygen atoms in total. The van der Waals surface area contributed by atoms with Crippen LogP contribution in [0.25, 0.3) is 0 Å². The lowest BCUT2D eigenvalue weighted by Crippen LogP contribution is -2.37. The summed E-state index contributed by atoms with van der Waals surface area (Å²) in [6.07, 6.45) is 0. The van der Waals surface area contributed by atoms with E-state index in [9.17, 15) is 4.39 Å². The molecule has 0 spiro atoms. The van der Waals surface area contributed by atoms with Crippen molar-refractivity contribution in [2.24, 2.45) is 0 Å². The van der Waals surface area contributed by atoms with Crippen molar-refractivity contribution in [2.45, 2.75) is 39.8 Å². The van der Waals surface area contributed by atoms with Crippen molar-refractivity contribution in [3.05, 3.63) is 59.4 Å². The number of rotatable bonds is 3. The summed E-state index contributed by atoms with van der Waals surface area (Å²) in [5, 5.41) is 4.58. The highest BCUT2D eigenvalue weighted by atomic mass is 19.1. The standard InChI is InChI=1S/C17H20BFN2O2/c1-11-16(18-22-13(3)17(4,5)23-18)12(2)21(20-11)10-14-6-8-15(19)9-7-14/h6-9H,3,10H2,1-2,4-5H3. The number of aromatic nitrogens is 2. The number of nitrogens with zero attached hydrogens (tertiary/aromatic N) is 2. The molecule has 2 aromatic rings. The van der Waals surface area contributed by atoms with Gasteiger partial charge in [-0.1, -0.05) is 18.7 Å². The van der Waals surface area contributed by atoms with Crippen LogP contribution in [-0.2, 0) is 15.9 Å². The van der Waals surface area contributed by atoms with E-state index in [1.165, 1.54) is 12.1 Å². The SMILES string of the molecule is C=C1OB(c2c(C)nn(Cc3ccc(F)cc3)c2C)OC1(C)C. The molecule has 0 amide bonds. The zero-order chi connectivity index (χ0) is 16.8. The molecule has 1 aliphatic rings. The van der Waals surface area contributed by atoms with Gasteiger partial charge in [0.2, 0.25) is 0 Å². The summed E-state index contributed by atoms with van der Waals surface area (Å²) in [6.45, 7) is 12.3. The van der Waals surface area contributed by atoms with Gasteiger partial charge in [-0.2, -0.15) is 5.10 Å². The summed E-state index contributed by atoms with van der Waals surface area (Å²) in [5.41, 5.74) is 3.24. The van der Waals surface area contributed by atoms with Crippen LogP contribution >= 0.6 is 0 Å². The third-order valence-corrected chi connectivity index (χ3v) is 4.24. The third-order valence-electron chi connectivity index (χ3n) is 4.24. The van der Waals surface area contributed by atoms with Gasteiger partial charge < -0.3 is 9.31 Å². The van der Waals surface area contributed by atoms with E-state index in [0.717, 1.165) is 22.4 Å². The van der Waals surface area contributed by atoms with Gasteiger partial charge in [0.05, 0.1) is 18.0 Å². The van der Waals surface area contributed by atoms with Gasteiger partial charge in [-0.05, 0) is 45.4 Å². The highest BCUT2D eigenvalue weighted by Crippen LogP contribution is 2.29. The third kappa shape index (κ3) is 2.91. The molecule has 1 aromatic carbocycles. The molecule has 3 rings (SSSR count). The molecule has 1 aromatic heterocycles. The van der Waals surface area contributed by atoms with E-state index in [4.69, 9.17) is 9.31 Å². The molecule has 0 radical (unpaired) electrons. The maximum absolute atomic E-state index is 13.0. The smallest absolute Gasteiger partial charge is 0.534 e. The Balaban J connectivity index is 1.88. The van der Waals surface area contributed by atoms with Gasteiger partial charge in [-0.15, -0.1) is 0 Å². The highest BCUT2D eigenvalue weighted by molar-refractivity contribution is 6.63. The van der Waals surface area contributed by atoms with Crippen LogP contribution in [0, 0.1) is 19.7 Å². The molecule has 0 saturated carbocycles. The monoisotopic (exact) mass is 314 g/mol. The molecule has 1 saturated heterocycles. The van der Waals surface area contributed by atoms with Crippen LogP contribution in [0.4, 0.5) is 4.39 Å². The van der Waals surface area contributed by atoms with E-state index in [0.29, 0.717) is 12.3 Å². The summed E-state index contributed by atoms with van der Waals surface area (Å²) in [7, 11) is -0.487. The zero-order valence-electron chi connectivity index (χ0n) is 13.9. The Morgan fingerprint density at radius 1 is 1.26 bits per heavy atom. The molecule has 2 heterocycles. The fourth-order valence-corrected chi connectivity index (χ4v) is 2.71. The topological polar surface area (TPSA) is 36.3 Å². The molecule has 0 N–H and O–H groups in total. The van der Waals surface area contributed by atoms with Crippen molar-refractivity contribution in [3.8, 4) is 0 Å². The molecule has 0 aliphatic carbocycles. The number of aryl methyl sites for hydroxylation is 1. The summed E-state index contributed by atoms with van der Waals surface area (Å²) in [5.74, 6) is 0.379. The predicted molar refractivity (Wildman–Crippen MR) is 88.0 cm³/mol. The van der Waals surface area contributed by atoms with E-state index in [1.807, 2.05) is 32.4 Å². The van der Waals surface area contributed by atoms with Crippen LogP contribution in [0.1, 0.15) is 30.8 Å². The molecule has 1 fully saturated rings. The van der Waals surface area contributed by atoms with E-state index < -0.39 is 12.7 Å². The van der Waals surface area contributed by atoms with Crippen LogP contribution < -0.4 is 5.46 Å². The van der Waals surface area contributed by atoms with Crippen LogP contribution in [0.15, 0.2) is 36.6 Å². The number of halogens is 1. The molecule has 120 valence electrons. The van der Waals surface area contributed by atoms with Gasteiger partial charge in [-0.3, -0.25) is 4.68 Å². The number of hydrogen-bond acceptors (Lipinski definition) is 3. The highest BCUT2D eigenvalue weighted by Gasteiger charge is 2.45. The van der Waals surface area contributed by atoms with Crippen LogP contribution in [0.3, 0.4) is 0 Å². The van der Waals surface area contributed by atoms with Crippen LogP contribution in [0.2, 0.25) is 0 Å². The molecule has 0 bridgehead atoms. The van der Waals surface area contributed by atoms with Gasteiger partial charge in [-0.25, -0.2) is 4.39 Å². The molecular formula is C17H20BFN2O2. The van der Waals surface area contributed by atoms with E-state index in [1.54, 1.807) is 12.1 Å². The van der Waals surface area contributed by atoms with Crippen molar-refractivity contribution in [3.63, 3.8) is 0 Å². The number of benzene rings is 1. The van der Waals surface area contributed by atoms with Crippen molar-refractivity contribution >= 4 is 12.6 Å². The minimum atomic E-state index is -0.511. The Bertz CT molecular complexity index is 753. The van der Waals surface area contributed by atoms with Crippen LogP contribution in [-0.4, -0.2) is 22.5 Å². The molecular weight excluding hydrogens is 294 g/mol.